The number of ether oxygens (including phenoxy) is 3. The van der Waals surface area contributed by atoms with Crippen molar-refractivity contribution in [3.05, 3.63) is 83.2 Å². The number of carbonyl (C=O) groups excluding carboxylic acids is 2. The highest BCUT2D eigenvalue weighted by Crippen LogP contribution is 2.28. The lowest BCUT2D eigenvalue weighted by Crippen LogP contribution is -2.15. The minimum atomic E-state index is -0.604. The van der Waals surface area contributed by atoms with E-state index >= 15 is 0 Å². The van der Waals surface area contributed by atoms with Crippen molar-refractivity contribution < 1.29 is 28.9 Å². The van der Waals surface area contributed by atoms with Crippen molar-refractivity contribution in [3.8, 4) is 23.3 Å². The molecule has 0 bridgehead atoms. The van der Waals surface area contributed by atoms with E-state index < -0.39 is 11.9 Å². The number of hydrogen-bond acceptors (Lipinski definition) is 10. The van der Waals surface area contributed by atoms with E-state index in [2.05, 4.69) is 52.8 Å². The van der Waals surface area contributed by atoms with Crippen LogP contribution in [0.1, 0.15) is 99.5 Å². The summed E-state index contributed by atoms with van der Waals surface area (Å²) in [6.07, 6.45) is 4.45. The summed E-state index contributed by atoms with van der Waals surface area (Å²) in [5, 5.41) is 18.4. The molecule has 0 amide bonds. The van der Waals surface area contributed by atoms with E-state index in [1.807, 2.05) is 51.1 Å². The molecule has 12 nitrogen and oxygen atoms in total. The second-order valence-electron chi connectivity index (χ2n) is 13.4. The Morgan fingerprint density at radius 2 is 1.43 bits per heavy atom. The first-order valence-electron chi connectivity index (χ1n) is 16.2. The first kappa shape index (κ1) is 36.4. The molecule has 0 aliphatic carbocycles. The summed E-state index contributed by atoms with van der Waals surface area (Å²) in [5.41, 5.74) is 3.78. The Kier molecular flexibility index (Phi) is 11.6. The fourth-order valence-electron chi connectivity index (χ4n) is 4.65. The maximum absolute atomic E-state index is 12.6. The van der Waals surface area contributed by atoms with Crippen molar-refractivity contribution in [1.29, 1.82) is 0 Å². The molecule has 258 valence electrons. The predicted octanol–water partition coefficient (Wildman–Crippen LogP) is 6.47. The normalized spacial score (nSPS) is 11.3. The standard InChI is InChI=1S/C22H23N3O3.C15H21N3O3/c1-5-27-21(26)19-18(28-14-16-9-7-6-8-10-16)13-17(11-12-22(2,3)4)20-23-15-24-25(19)20;1-5-21-14(20)12-11(19)8-10(6-7-15(2,3)4)13-16-9-17-18(12)13/h6-10,13,15H,5,14H2,1-4H3;8-9,19H,5-7H2,1-4H3. The van der Waals surface area contributed by atoms with E-state index in [-0.39, 0.29) is 41.2 Å². The van der Waals surface area contributed by atoms with Crippen LogP contribution >= 0.6 is 0 Å². The molecule has 0 spiro atoms. The van der Waals surface area contributed by atoms with Crippen molar-refractivity contribution in [2.75, 3.05) is 13.2 Å². The lowest BCUT2D eigenvalue weighted by Gasteiger charge is -2.18. The molecule has 4 heterocycles. The van der Waals surface area contributed by atoms with Crippen molar-refractivity contribution in [3.63, 3.8) is 0 Å². The van der Waals surface area contributed by atoms with Gasteiger partial charge in [-0.05, 0) is 64.5 Å². The van der Waals surface area contributed by atoms with Crippen molar-refractivity contribution in [1.82, 2.24) is 29.2 Å². The van der Waals surface area contributed by atoms with Crippen LogP contribution in [0, 0.1) is 22.7 Å². The second kappa shape index (κ2) is 15.6. The molecule has 49 heavy (non-hydrogen) atoms. The zero-order chi connectivity index (χ0) is 35.8. The van der Waals surface area contributed by atoms with Gasteiger partial charge in [0.15, 0.2) is 28.4 Å². The molecule has 0 radical (unpaired) electrons. The molecule has 0 fully saturated rings. The average molecular weight is 669 g/mol. The van der Waals surface area contributed by atoms with Crippen molar-refractivity contribution >= 4 is 23.2 Å². The lowest BCUT2D eigenvalue weighted by molar-refractivity contribution is 0.0501. The van der Waals surface area contributed by atoms with Gasteiger partial charge in [0.2, 0.25) is 0 Å². The van der Waals surface area contributed by atoms with Crippen LogP contribution < -0.4 is 4.74 Å². The Hall–Kier alpha value is -5.44. The third-order valence-electron chi connectivity index (χ3n) is 7.00. The summed E-state index contributed by atoms with van der Waals surface area (Å²) in [6, 6.07) is 13.0. The summed E-state index contributed by atoms with van der Waals surface area (Å²) in [5.74, 6) is 5.45. The van der Waals surface area contributed by atoms with Crippen LogP contribution in [0.15, 0.2) is 55.1 Å². The molecule has 5 aromatic rings. The number of nitrogens with zero attached hydrogens (tertiary/aromatic N) is 6. The van der Waals surface area contributed by atoms with Gasteiger partial charge in [0.1, 0.15) is 25.0 Å². The number of pyridine rings is 2. The van der Waals surface area contributed by atoms with Gasteiger partial charge in [0.05, 0.1) is 18.8 Å². The number of carbonyl (C=O) groups is 2. The Balaban J connectivity index is 0.000000230. The molecule has 1 N–H and O–H groups in total. The summed E-state index contributed by atoms with van der Waals surface area (Å²) < 4.78 is 18.9. The molecule has 0 unspecified atom stereocenters. The smallest absolute Gasteiger partial charge is 0.360 e. The number of benzene rings is 1. The maximum atomic E-state index is 12.6. The van der Waals surface area contributed by atoms with Crippen LogP contribution in [-0.4, -0.2) is 59.5 Å². The predicted molar refractivity (Wildman–Crippen MR) is 184 cm³/mol. The third-order valence-corrected chi connectivity index (χ3v) is 7.00. The van der Waals surface area contributed by atoms with Gasteiger partial charge >= 0.3 is 11.9 Å². The summed E-state index contributed by atoms with van der Waals surface area (Å²) >= 11 is 0. The number of esters is 2. The van der Waals surface area contributed by atoms with E-state index in [1.54, 1.807) is 26.0 Å². The zero-order valence-corrected chi connectivity index (χ0v) is 29.4. The molecule has 0 atom stereocenters. The van der Waals surface area contributed by atoms with Crippen LogP contribution in [-0.2, 0) is 22.5 Å². The summed E-state index contributed by atoms with van der Waals surface area (Å²) in [4.78, 5) is 33.0. The highest BCUT2D eigenvalue weighted by molar-refractivity contribution is 5.92. The van der Waals surface area contributed by atoms with Crippen molar-refractivity contribution in [2.24, 2.45) is 10.8 Å². The molecular weight excluding hydrogens is 624 g/mol. The number of hydrogen-bond donors (Lipinski definition) is 1. The van der Waals surface area contributed by atoms with E-state index in [4.69, 9.17) is 14.2 Å². The monoisotopic (exact) mass is 668 g/mol. The maximum Gasteiger partial charge on any atom is 0.360 e. The Labute approximate surface area is 286 Å². The van der Waals surface area contributed by atoms with Crippen LogP contribution in [0.4, 0.5) is 0 Å². The van der Waals surface area contributed by atoms with Gasteiger partial charge in [-0.15, -0.1) is 0 Å². The number of aromatic hydroxyl groups is 1. The summed E-state index contributed by atoms with van der Waals surface area (Å²) in [6.45, 7) is 16.8. The fourth-order valence-corrected chi connectivity index (χ4v) is 4.65. The van der Waals surface area contributed by atoms with Gasteiger partial charge in [-0.2, -0.15) is 10.2 Å². The second-order valence-corrected chi connectivity index (χ2v) is 13.4. The van der Waals surface area contributed by atoms with E-state index in [0.717, 1.165) is 24.0 Å². The van der Waals surface area contributed by atoms with Gasteiger partial charge < -0.3 is 19.3 Å². The van der Waals surface area contributed by atoms with Gasteiger partial charge in [-0.1, -0.05) is 62.9 Å². The van der Waals surface area contributed by atoms with E-state index in [1.165, 1.54) is 21.7 Å². The molecule has 4 aromatic heterocycles. The van der Waals surface area contributed by atoms with Crippen LogP contribution in [0.25, 0.3) is 11.3 Å². The number of aromatic nitrogens is 6. The van der Waals surface area contributed by atoms with Gasteiger partial charge in [0, 0.05) is 17.0 Å². The zero-order valence-electron chi connectivity index (χ0n) is 29.4. The Morgan fingerprint density at radius 1 is 0.837 bits per heavy atom. The minimum absolute atomic E-state index is 0.0175. The van der Waals surface area contributed by atoms with E-state index in [9.17, 15) is 14.7 Å². The topological polar surface area (TPSA) is 142 Å². The number of fused-ring (bicyclic) bond motifs is 2. The largest absolute Gasteiger partial charge is 0.505 e. The Bertz CT molecular complexity index is 1970. The molecule has 1 aromatic carbocycles. The van der Waals surface area contributed by atoms with Crippen LogP contribution in [0.5, 0.6) is 11.5 Å². The van der Waals surface area contributed by atoms with Gasteiger partial charge in [0.25, 0.3) is 0 Å². The molecule has 0 aliphatic rings. The van der Waals surface area contributed by atoms with Crippen molar-refractivity contribution in [2.45, 2.75) is 74.8 Å². The fraction of sp³-hybridized carbons (Fsp3) is 0.405. The highest BCUT2D eigenvalue weighted by atomic mass is 16.5. The number of aryl methyl sites for hydroxylation is 1. The quantitative estimate of drug-likeness (QED) is 0.137. The molecule has 12 heteroatoms. The van der Waals surface area contributed by atoms with Crippen LogP contribution in [0.3, 0.4) is 0 Å². The highest BCUT2D eigenvalue weighted by Gasteiger charge is 2.24. The first-order chi connectivity index (χ1) is 23.2. The van der Waals surface area contributed by atoms with Gasteiger partial charge in [-0.25, -0.2) is 28.6 Å². The van der Waals surface area contributed by atoms with Gasteiger partial charge in [-0.3, -0.25) is 0 Å². The minimum Gasteiger partial charge on any atom is -0.505 e. The lowest BCUT2D eigenvalue weighted by atomic mass is 9.89. The molecule has 0 saturated heterocycles. The average Bonchev–Trinajstić information content (AvgIpc) is 3.72. The molecule has 5 rings (SSSR count). The SMILES string of the molecule is CCOC(=O)c1c(O)cc(CCC(C)(C)C)c2ncnn12.CCOC(=O)c1c(OCc2ccccc2)cc(C#CC(C)(C)C)c2ncnn12. The molecular formula is C37H44N6O6. The number of rotatable bonds is 9. The van der Waals surface area contributed by atoms with E-state index in [0.29, 0.717) is 29.2 Å². The Morgan fingerprint density at radius 3 is 2.02 bits per heavy atom. The summed E-state index contributed by atoms with van der Waals surface area (Å²) in [7, 11) is 0. The first-order valence-corrected chi connectivity index (χ1v) is 16.2. The molecule has 0 aliphatic heterocycles. The van der Waals surface area contributed by atoms with Crippen LogP contribution in [0.2, 0.25) is 0 Å². The molecule has 0 saturated carbocycles. The third kappa shape index (κ3) is 9.56.